The third kappa shape index (κ3) is 6.40. The lowest BCUT2D eigenvalue weighted by molar-refractivity contribution is 0.0948. The average Bonchev–Trinajstić information content (AvgIpc) is 3.32. The SMILES string of the molecule is CN1CCN(Cc2cccc(CNC(=O)c3ccccc3SCc3cscn3)c2)CC1. The van der Waals surface area contributed by atoms with E-state index in [-0.39, 0.29) is 5.91 Å². The van der Waals surface area contributed by atoms with Crippen LogP contribution in [0.3, 0.4) is 0 Å². The second kappa shape index (κ2) is 10.9. The largest absolute Gasteiger partial charge is 0.348 e. The van der Waals surface area contributed by atoms with Crippen molar-refractivity contribution in [3.63, 3.8) is 0 Å². The van der Waals surface area contributed by atoms with Gasteiger partial charge >= 0.3 is 0 Å². The molecule has 3 aromatic rings. The van der Waals surface area contributed by atoms with Crippen molar-refractivity contribution >= 4 is 29.0 Å². The van der Waals surface area contributed by atoms with Crippen LogP contribution in [0.4, 0.5) is 0 Å². The summed E-state index contributed by atoms with van der Waals surface area (Å²) >= 11 is 3.25. The van der Waals surface area contributed by atoms with Gasteiger partial charge in [-0.2, -0.15) is 0 Å². The van der Waals surface area contributed by atoms with Crippen LogP contribution >= 0.6 is 23.1 Å². The first-order chi connectivity index (χ1) is 15.2. The number of benzene rings is 2. The smallest absolute Gasteiger partial charge is 0.252 e. The summed E-state index contributed by atoms with van der Waals surface area (Å²) in [6, 6.07) is 16.3. The first-order valence-electron chi connectivity index (χ1n) is 10.5. The number of carbonyl (C=O) groups excluding carboxylic acids is 1. The molecule has 1 amide bonds. The predicted octanol–water partition coefficient (Wildman–Crippen LogP) is 4.11. The number of piperazine rings is 1. The van der Waals surface area contributed by atoms with Gasteiger partial charge in [0.25, 0.3) is 5.91 Å². The van der Waals surface area contributed by atoms with E-state index in [2.05, 4.69) is 51.4 Å². The average molecular weight is 453 g/mol. The summed E-state index contributed by atoms with van der Waals surface area (Å²) in [6.07, 6.45) is 0. The molecule has 1 saturated heterocycles. The van der Waals surface area contributed by atoms with Gasteiger partial charge in [-0.1, -0.05) is 36.4 Å². The van der Waals surface area contributed by atoms with Gasteiger partial charge in [-0.3, -0.25) is 9.69 Å². The monoisotopic (exact) mass is 452 g/mol. The van der Waals surface area contributed by atoms with Crippen LogP contribution in [0.5, 0.6) is 0 Å². The van der Waals surface area contributed by atoms with Crippen LogP contribution in [0, 0.1) is 0 Å². The zero-order valence-corrected chi connectivity index (χ0v) is 19.4. The summed E-state index contributed by atoms with van der Waals surface area (Å²) in [7, 11) is 2.18. The van der Waals surface area contributed by atoms with Crippen molar-refractivity contribution in [1.82, 2.24) is 20.1 Å². The van der Waals surface area contributed by atoms with Gasteiger partial charge < -0.3 is 10.2 Å². The Bertz CT molecular complexity index is 985. The lowest BCUT2D eigenvalue weighted by Crippen LogP contribution is -2.43. The van der Waals surface area contributed by atoms with E-state index in [9.17, 15) is 4.79 Å². The van der Waals surface area contributed by atoms with Crippen molar-refractivity contribution in [2.45, 2.75) is 23.7 Å². The Kier molecular flexibility index (Phi) is 7.75. The number of hydrogen-bond acceptors (Lipinski definition) is 6. The zero-order chi connectivity index (χ0) is 21.5. The molecule has 0 spiro atoms. The van der Waals surface area contributed by atoms with Crippen molar-refractivity contribution in [3.05, 3.63) is 81.8 Å². The van der Waals surface area contributed by atoms with E-state index in [0.29, 0.717) is 6.54 Å². The number of rotatable bonds is 8. The Morgan fingerprint density at radius 1 is 1.10 bits per heavy atom. The van der Waals surface area contributed by atoms with Crippen LogP contribution in [-0.4, -0.2) is 53.9 Å². The van der Waals surface area contributed by atoms with Crippen LogP contribution in [0.25, 0.3) is 0 Å². The molecule has 5 nitrogen and oxygen atoms in total. The zero-order valence-electron chi connectivity index (χ0n) is 17.8. The topological polar surface area (TPSA) is 48.5 Å². The summed E-state index contributed by atoms with van der Waals surface area (Å²) in [4.78, 5) is 23.1. The first-order valence-corrected chi connectivity index (χ1v) is 12.5. The number of amides is 1. The number of hydrogen-bond donors (Lipinski definition) is 1. The molecule has 4 rings (SSSR count). The number of carbonyl (C=O) groups is 1. The molecule has 0 bridgehead atoms. The summed E-state index contributed by atoms with van der Waals surface area (Å²) in [5, 5.41) is 5.15. The minimum atomic E-state index is -0.0363. The molecule has 1 aromatic heterocycles. The number of nitrogens with one attached hydrogen (secondary N) is 1. The molecule has 31 heavy (non-hydrogen) atoms. The molecule has 2 aromatic carbocycles. The van der Waals surface area contributed by atoms with Crippen molar-refractivity contribution in [2.24, 2.45) is 0 Å². The molecule has 0 unspecified atom stereocenters. The van der Waals surface area contributed by atoms with E-state index in [1.807, 2.05) is 35.2 Å². The maximum atomic E-state index is 12.9. The number of thioether (sulfide) groups is 1. The standard InChI is InChI=1S/C24H28N4OS2/c1-27-9-11-28(12-10-27)15-20-6-4-5-19(13-20)14-25-24(29)22-7-2-3-8-23(22)31-17-21-16-30-18-26-21/h2-8,13,16,18H,9-12,14-15,17H2,1H3,(H,25,29). The summed E-state index contributed by atoms with van der Waals surface area (Å²) < 4.78 is 0. The van der Waals surface area contributed by atoms with Gasteiger partial charge in [-0.05, 0) is 30.3 Å². The van der Waals surface area contributed by atoms with E-state index < -0.39 is 0 Å². The Labute approximate surface area is 192 Å². The van der Waals surface area contributed by atoms with Crippen LogP contribution in [0.15, 0.2) is 64.3 Å². The number of nitrogens with zero attached hydrogens (tertiary/aromatic N) is 3. The maximum Gasteiger partial charge on any atom is 0.252 e. The van der Waals surface area contributed by atoms with Gasteiger partial charge in [0.1, 0.15) is 0 Å². The van der Waals surface area contributed by atoms with Crippen molar-refractivity contribution in [1.29, 1.82) is 0 Å². The number of likely N-dealkylation sites (N-methyl/N-ethyl adjacent to an activating group) is 1. The fraction of sp³-hybridized carbons (Fsp3) is 0.333. The minimum Gasteiger partial charge on any atom is -0.348 e. The van der Waals surface area contributed by atoms with Crippen molar-refractivity contribution in [3.8, 4) is 0 Å². The molecular weight excluding hydrogens is 424 g/mol. The summed E-state index contributed by atoms with van der Waals surface area (Å²) in [5.74, 6) is 0.730. The first kappa shape index (κ1) is 22.0. The molecule has 1 N–H and O–H groups in total. The van der Waals surface area contributed by atoms with Crippen molar-refractivity contribution < 1.29 is 4.79 Å². The molecule has 0 radical (unpaired) electrons. The normalized spacial score (nSPS) is 15.1. The minimum absolute atomic E-state index is 0.0363. The van der Waals surface area contributed by atoms with Gasteiger partial charge in [-0.25, -0.2) is 4.98 Å². The van der Waals surface area contributed by atoms with Gasteiger partial charge in [0, 0.05) is 55.3 Å². The van der Waals surface area contributed by atoms with Crippen LogP contribution < -0.4 is 5.32 Å². The molecule has 1 aliphatic heterocycles. The van der Waals surface area contributed by atoms with E-state index in [0.717, 1.165) is 60.2 Å². The Balaban J connectivity index is 1.33. The fourth-order valence-electron chi connectivity index (χ4n) is 3.62. The number of thiazole rings is 1. The van der Waals surface area contributed by atoms with E-state index in [1.54, 1.807) is 23.1 Å². The number of aromatic nitrogens is 1. The lowest BCUT2D eigenvalue weighted by Gasteiger charge is -2.32. The molecule has 2 heterocycles. The van der Waals surface area contributed by atoms with Crippen LogP contribution in [0.1, 0.15) is 27.2 Å². The molecule has 0 aliphatic carbocycles. The van der Waals surface area contributed by atoms with Gasteiger partial charge in [-0.15, -0.1) is 23.1 Å². The van der Waals surface area contributed by atoms with E-state index >= 15 is 0 Å². The van der Waals surface area contributed by atoms with Gasteiger partial charge in [0.05, 0.1) is 16.8 Å². The second-order valence-corrected chi connectivity index (χ2v) is 9.58. The van der Waals surface area contributed by atoms with Crippen molar-refractivity contribution in [2.75, 3.05) is 33.2 Å². The fourth-order valence-corrected chi connectivity index (χ4v) is 5.24. The highest BCUT2D eigenvalue weighted by molar-refractivity contribution is 7.98. The van der Waals surface area contributed by atoms with Gasteiger partial charge in [0.15, 0.2) is 0 Å². The Hall–Kier alpha value is -2.19. The molecular formula is C24H28N4OS2. The molecule has 0 saturated carbocycles. The summed E-state index contributed by atoms with van der Waals surface area (Å²) in [5.41, 5.74) is 6.04. The molecule has 7 heteroatoms. The highest BCUT2D eigenvalue weighted by Gasteiger charge is 2.15. The van der Waals surface area contributed by atoms with Crippen LogP contribution in [-0.2, 0) is 18.8 Å². The molecule has 0 atom stereocenters. The molecule has 1 aliphatic rings. The predicted molar refractivity (Wildman–Crippen MR) is 129 cm³/mol. The van der Waals surface area contributed by atoms with Gasteiger partial charge in [0.2, 0.25) is 0 Å². The Morgan fingerprint density at radius 3 is 2.71 bits per heavy atom. The van der Waals surface area contributed by atoms with E-state index in [4.69, 9.17) is 0 Å². The molecule has 162 valence electrons. The maximum absolute atomic E-state index is 12.9. The third-order valence-corrected chi connectivity index (χ3v) is 7.18. The van der Waals surface area contributed by atoms with Crippen LogP contribution in [0.2, 0.25) is 0 Å². The lowest BCUT2D eigenvalue weighted by atomic mass is 10.1. The molecule has 1 fully saturated rings. The Morgan fingerprint density at radius 2 is 1.90 bits per heavy atom. The van der Waals surface area contributed by atoms with E-state index in [1.165, 1.54) is 5.56 Å². The quantitative estimate of drug-likeness (QED) is 0.521. The highest BCUT2D eigenvalue weighted by Crippen LogP contribution is 2.26. The second-order valence-electron chi connectivity index (χ2n) is 7.85. The third-order valence-electron chi connectivity index (χ3n) is 5.44. The summed E-state index contributed by atoms with van der Waals surface area (Å²) in [6.45, 7) is 5.94. The highest BCUT2D eigenvalue weighted by atomic mass is 32.2.